The maximum Gasteiger partial charge on any atom is 0.232 e. The van der Waals surface area contributed by atoms with Crippen LogP contribution in [0.3, 0.4) is 0 Å². The van der Waals surface area contributed by atoms with E-state index in [4.69, 9.17) is 18.0 Å². The Morgan fingerprint density at radius 1 is 1.33 bits per heavy atom. The van der Waals surface area contributed by atoms with E-state index < -0.39 is 0 Å². The SMILES string of the molecule is CCC(C(=O)N1CCCC2CCCCC21)C(N)=S. The molecule has 1 aliphatic heterocycles. The Balaban J connectivity index is 2.10. The van der Waals surface area contributed by atoms with Gasteiger partial charge in [-0.25, -0.2) is 0 Å². The minimum Gasteiger partial charge on any atom is -0.393 e. The first-order valence-corrected chi connectivity index (χ1v) is 7.65. The van der Waals surface area contributed by atoms with Gasteiger partial charge in [-0.2, -0.15) is 0 Å². The molecule has 0 radical (unpaired) electrons. The molecule has 4 heteroatoms. The van der Waals surface area contributed by atoms with Crippen molar-refractivity contribution < 1.29 is 4.79 Å². The maximum atomic E-state index is 12.6. The molecule has 2 aliphatic rings. The summed E-state index contributed by atoms with van der Waals surface area (Å²) in [4.78, 5) is 15.0. The number of nitrogens with two attached hydrogens (primary N) is 1. The summed E-state index contributed by atoms with van der Waals surface area (Å²) in [5.41, 5.74) is 5.71. The smallest absolute Gasteiger partial charge is 0.232 e. The van der Waals surface area contributed by atoms with Gasteiger partial charge in [-0.05, 0) is 38.0 Å². The van der Waals surface area contributed by atoms with Crippen molar-refractivity contribution in [2.75, 3.05) is 6.54 Å². The number of likely N-dealkylation sites (tertiary alicyclic amines) is 1. The van der Waals surface area contributed by atoms with Crippen molar-refractivity contribution in [3.8, 4) is 0 Å². The van der Waals surface area contributed by atoms with Gasteiger partial charge in [-0.3, -0.25) is 4.79 Å². The van der Waals surface area contributed by atoms with Gasteiger partial charge in [-0.15, -0.1) is 0 Å². The molecule has 3 nitrogen and oxygen atoms in total. The van der Waals surface area contributed by atoms with Gasteiger partial charge in [0.2, 0.25) is 5.91 Å². The van der Waals surface area contributed by atoms with Crippen LogP contribution in [0.5, 0.6) is 0 Å². The Morgan fingerprint density at radius 3 is 2.67 bits per heavy atom. The molecule has 18 heavy (non-hydrogen) atoms. The van der Waals surface area contributed by atoms with Gasteiger partial charge in [0.25, 0.3) is 0 Å². The van der Waals surface area contributed by atoms with Crippen molar-refractivity contribution in [3.63, 3.8) is 0 Å². The number of thiocarbonyl (C=S) groups is 1. The number of piperidine rings is 1. The zero-order valence-corrected chi connectivity index (χ0v) is 12.0. The summed E-state index contributed by atoms with van der Waals surface area (Å²) in [6, 6.07) is 0.461. The third kappa shape index (κ3) is 2.68. The van der Waals surface area contributed by atoms with E-state index in [0.29, 0.717) is 11.0 Å². The number of hydrogen-bond acceptors (Lipinski definition) is 2. The average Bonchev–Trinajstić information content (AvgIpc) is 2.38. The van der Waals surface area contributed by atoms with Crippen LogP contribution in [-0.4, -0.2) is 28.4 Å². The third-order valence-electron chi connectivity index (χ3n) is 4.58. The summed E-state index contributed by atoms with van der Waals surface area (Å²) < 4.78 is 0. The second kappa shape index (κ2) is 6.00. The van der Waals surface area contributed by atoms with Crippen LogP contribution in [-0.2, 0) is 4.79 Å². The number of carbonyl (C=O) groups excluding carboxylic acids is 1. The van der Waals surface area contributed by atoms with Gasteiger partial charge < -0.3 is 10.6 Å². The van der Waals surface area contributed by atoms with E-state index in [0.717, 1.165) is 25.3 Å². The molecule has 0 spiro atoms. The number of hydrogen-bond donors (Lipinski definition) is 1. The van der Waals surface area contributed by atoms with Crippen molar-refractivity contribution in [2.24, 2.45) is 17.6 Å². The highest BCUT2D eigenvalue weighted by molar-refractivity contribution is 7.80. The monoisotopic (exact) mass is 268 g/mol. The van der Waals surface area contributed by atoms with Gasteiger partial charge >= 0.3 is 0 Å². The molecule has 0 aromatic heterocycles. The van der Waals surface area contributed by atoms with E-state index in [9.17, 15) is 4.79 Å². The first kappa shape index (κ1) is 13.8. The summed E-state index contributed by atoms with van der Waals surface area (Å²) in [5.74, 6) is 0.655. The van der Waals surface area contributed by atoms with Crippen molar-refractivity contribution in [1.29, 1.82) is 0 Å². The zero-order chi connectivity index (χ0) is 13.1. The highest BCUT2D eigenvalue weighted by Crippen LogP contribution is 2.36. The molecule has 0 aromatic rings. The van der Waals surface area contributed by atoms with Crippen LogP contribution in [0.25, 0.3) is 0 Å². The Labute approximate surface area is 115 Å². The highest BCUT2D eigenvalue weighted by atomic mass is 32.1. The fourth-order valence-electron chi connectivity index (χ4n) is 3.60. The number of fused-ring (bicyclic) bond motifs is 1. The predicted octanol–water partition coefficient (Wildman–Crippen LogP) is 2.48. The number of rotatable bonds is 3. The largest absolute Gasteiger partial charge is 0.393 e. The second-order valence-corrected chi connectivity index (χ2v) is 6.12. The molecule has 2 rings (SSSR count). The molecular formula is C14H24N2OS. The Kier molecular flexibility index (Phi) is 4.60. The molecule has 1 heterocycles. The molecule has 0 aromatic carbocycles. The van der Waals surface area contributed by atoms with Crippen LogP contribution < -0.4 is 5.73 Å². The van der Waals surface area contributed by atoms with Gasteiger partial charge in [0.1, 0.15) is 0 Å². The molecule has 1 aliphatic carbocycles. The van der Waals surface area contributed by atoms with Crippen molar-refractivity contribution in [1.82, 2.24) is 4.90 Å². The molecular weight excluding hydrogens is 244 g/mol. The van der Waals surface area contributed by atoms with Crippen molar-refractivity contribution in [2.45, 2.75) is 57.9 Å². The lowest BCUT2D eigenvalue weighted by atomic mass is 9.78. The van der Waals surface area contributed by atoms with E-state index in [2.05, 4.69) is 4.90 Å². The first-order chi connectivity index (χ1) is 8.65. The second-order valence-electron chi connectivity index (χ2n) is 5.65. The summed E-state index contributed by atoms with van der Waals surface area (Å²) in [6.07, 6.45) is 8.20. The first-order valence-electron chi connectivity index (χ1n) is 7.25. The molecule has 0 bridgehead atoms. The molecule has 3 unspecified atom stereocenters. The van der Waals surface area contributed by atoms with Crippen LogP contribution in [0.15, 0.2) is 0 Å². The molecule has 3 atom stereocenters. The predicted molar refractivity (Wildman–Crippen MR) is 77.3 cm³/mol. The molecule has 2 fully saturated rings. The fourth-order valence-corrected chi connectivity index (χ4v) is 3.86. The molecule has 1 amide bonds. The Morgan fingerprint density at radius 2 is 2.00 bits per heavy atom. The average molecular weight is 268 g/mol. The minimum absolute atomic E-state index is 0.182. The molecule has 2 N–H and O–H groups in total. The lowest BCUT2D eigenvalue weighted by Crippen LogP contribution is -2.53. The summed E-state index contributed by atoms with van der Waals surface area (Å²) in [6.45, 7) is 2.89. The normalized spacial score (nSPS) is 29.5. The summed E-state index contributed by atoms with van der Waals surface area (Å²) >= 11 is 5.04. The lowest BCUT2D eigenvalue weighted by molar-refractivity contribution is -0.139. The van der Waals surface area contributed by atoms with E-state index in [1.54, 1.807) is 0 Å². The summed E-state index contributed by atoms with van der Waals surface area (Å²) in [7, 11) is 0. The van der Waals surface area contributed by atoms with Crippen molar-refractivity contribution in [3.05, 3.63) is 0 Å². The fraction of sp³-hybridized carbons (Fsp3) is 0.857. The van der Waals surface area contributed by atoms with Crippen LogP contribution >= 0.6 is 12.2 Å². The van der Waals surface area contributed by atoms with E-state index >= 15 is 0 Å². The number of nitrogens with zero attached hydrogens (tertiary/aromatic N) is 1. The van der Waals surface area contributed by atoms with E-state index in [1.807, 2.05) is 6.92 Å². The maximum absolute atomic E-state index is 12.6. The standard InChI is InChI=1S/C14H24N2OS/c1-2-11(13(15)18)14(17)16-9-5-7-10-6-3-4-8-12(10)16/h10-12H,2-9H2,1H3,(H2,15,18). The minimum atomic E-state index is -0.249. The van der Waals surface area contributed by atoms with E-state index in [1.165, 1.54) is 32.1 Å². The van der Waals surface area contributed by atoms with Gasteiger partial charge in [0.05, 0.1) is 10.9 Å². The molecule has 102 valence electrons. The van der Waals surface area contributed by atoms with Gasteiger partial charge in [0, 0.05) is 12.6 Å². The number of carbonyl (C=O) groups is 1. The topological polar surface area (TPSA) is 46.3 Å². The number of amides is 1. The lowest BCUT2D eigenvalue weighted by Gasteiger charge is -2.45. The van der Waals surface area contributed by atoms with Crippen LogP contribution in [0.4, 0.5) is 0 Å². The van der Waals surface area contributed by atoms with Crippen LogP contribution in [0.2, 0.25) is 0 Å². The van der Waals surface area contributed by atoms with Crippen LogP contribution in [0.1, 0.15) is 51.9 Å². The van der Waals surface area contributed by atoms with Gasteiger partial charge in [0.15, 0.2) is 0 Å². The van der Waals surface area contributed by atoms with Gasteiger partial charge in [-0.1, -0.05) is 32.0 Å². The highest BCUT2D eigenvalue weighted by Gasteiger charge is 2.38. The zero-order valence-electron chi connectivity index (χ0n) is 11.2. The Bertz CT molecular complexity index is 330. The summed E-state index contributed by atoms with van der Waals surface area (Å²) in [5, 5.41) is 0. The molecule has 1 saturated carbocycles. The van der Waals surface area contributed by atoms with Crippen molar-refractivity contribution >= 4 is 23.1 Å². The van der Waals surface area contributed by atoms with E-state index in [-0.39, 0.29) is 11.8 Å². The molecule has 1 saturated heterocycles. The Hall–Kier alpha value is -0.640. The van der Waals surface area contributed by atoms with Crippen LogP contribution in [0, 0.1) is 11.8 Å². The third-order valence-corrected chi connectivity index (χ3v) is 4.86. The quantitative estimate of drug-likeness (QED) is 0.800.